The van der Waals surface area contributed by atoms with Gasteiger partial charge in [-0.05, 0) is 20.0 Å². The first-order valence-corrected chi connectivity index (χ1v) is 5.03. The second-order valence-electron chi connectivity index (χ2n) is 3.16. The molecule has 1 atom stereocenters. The van der Waals surface area contributed by atoms with Crippen LogP contribution in [0.25, 0.3) is 0 Å². The molecule has 0 aliphatic heterocycles. The van der Waals surface area contributed by atoms with Crippen LogP contribution in [0.4, 0.5) is 0 Å². The summed E-state index contributed by atoms with van der Waals surface area (Å²) in [4.78, 5) is 3.92. The Kier molecular flexibility index (Phi) is 7.45. The van der Waals surface area contributed by atoms with E-state index in [0.717, 1.165) is 19.3 Å². The molecule has 0 heterocycles. The maximum absolute atomic E-state index is 10.8. The molecule has 0 radical (unpaired) electrons. The van der Waals surface area contributed by atoms with E-state index in [4.69, 9.17) is 0 Å². The van der Waals surface area contributed by atoms with E-state index in [9.17, 15) is 5.11 Å². The minimum absolute atomic E-state index is 0.152. The van der Waals surface area contributed by atoms with Gasteiger partial charge in [0.15, 0.2) is 0 Å². The van der Waals surface area contributed by atoms with E-state index >= 15 is 0 Å². The van der Waals surface area contributed by atoms with E-state index in [1.54, 1.807) is 0 Å². The molecule has 0 aromatic heterocycles. The molecule has 3 heteroatoms. The molecule has 0 spiro atoms. The van der Waals surface area contributed by atoms with Crippen LogP contribution in [0.5, 0.6) is 0 Å². The Morgan fingerprint density at radius 1 is 1.38 bits per heavy atom. The van der Waals surface area contributed by atoms with E-state index in [1.165, 1.54) is 20.0 Å². The van der Waals surface area contributed by atoms with E-state index in [1.807, 2.05) is 6.92 Å². The van der Waals surface area contributed by atoms with Crippen LogP contribution in [0.3, 0.4) is 0 Å². The highest BCUT2D eigenvalue weighted by Crippen LogP contribution is 2.09. The van der Waals surface area contributed by atoms with Gasteiger partial charge in [0, 0.05) is 0 Å². The number of aliphatic imine (C=N–C) groups is 1. The Balaban J connectivity index is 3.75. The predicted octanol–water partition coefficient (Wildman–Crippen LogP) is 1.71. The minimum Gasteiger partial charge on any atom is -0.604 e. The zero-order chi connectivity index (χ0) is 10.1. The number of nitrogens with zero attached hydrogens (tertiary/aromatic N) is 1. The number of unbranched alkanes of at least 4 members (excludes halogenated alkanes) is 2. The van der Waals surface area contributed by atoms with Crippen LogP contribution in [0.15, 0.2) is 4.99 Å². The van der Waals surface area contributed by atoms with Crippen molar-refractivity contribution in [1.82, 2.24) is 0 Å². The summed E-state index contributed by atoms with van der Waals surface area (Å²) in [7, 11) is 1.37. The van der Waals surface area contributed by atoms with Crippen molar-refractivity contribution in [3.8, 4) is 0 Å². The molecule has 0 aromatic carbocycles. The highest BCUT2D eigenvalue weighted by atomic mass is 16.6. The monoisotopic (exact) mass is 186 g/mol. The Hall–Kier alpha value is -0.730. The molecule has 13 heavy (non-hydrogen) atoms. The topological polar surface area (TPSA) is 44.7 Å². The second-order valence-corrected chi connectivity index (χ2v) is 3.16. The molecule has 0 aromatic rings. The standard InChI is InChI=1S/C10H21NO2/c1-4-6-7-8-9(5-2)11-10(12)13-3/h9H,4-8H2,1-3H3,(H,11,12)/p-1. The fraction of sp³-hybridized carbons (Fsp3) is 0.900. The minimum atomic E-state index is -0.441. The summed E-state index contributed by atoms with van der Waals surface area (Å²) in [5.41, 5.74) is 0. The molecule has 78 valence electrons. The fourth-order valence-corrected chi connectivity index (χ4v) is 1.19. The van der Waals surface area contributed by atoms with Gasteiger partial charge in [-0.15, -0.1) is 0 Å². The molecule has 3 nitrogen and oxygen atoms in total. The Bertz CT molecular complexity index is 146. The molecule has 0 fully saturated rings. The lowest BCUT2D eigenvalue weighted by molar-refractivity contribution is -0.248. The summed E-state index contributed by atoms with van der Waals surface area (Å²) in [5, 5.41) is 10.8. The first-order chi connectivity index (χ1) is 6.24. The van der Waals surface area contributed by atoms with Crippen molar-refractivity contribution in [2.75, 3.05) is 7.11 Å². The molecule has 0 saturated carbocycles. The van der Waals surface area contributed by atoms with Gasteiger partial charge in [-0.1, -0.05) is 33.1 Å². The third kappa shape index (κ3) is 6.43. The third-order valence-electron chi connectivity index (χ3n) is 2.07. The number of ether oxygens (including phenoxy) is 1. The number of rotatable bonds is 6. The maximum atomic E-state index is 10.8. The molecular weight excluding hydrogens is 166 g/mol. The lowest BCUT2D eigenvalue weighted by Gasteiger charge is -2.14. The molecule has 0 aliphatic carbocycles. The quantitative estimate of drug-likeness (QED) is 0.360. The number of hydrogen-bond acceptors (Lipinski definition) is 3. The Morgan fingerprint density at radius 2 is 2.08 bits per heavy atom. The zero-order valence-electron chi connectivity index (χ0n) is 8.88. The first kappa shape index (κ1) is 12.3. The van der Waals surface area contributed by atoms with Gasteiger partial charge in [0.1, 0.15) is 6.08 Å². The van der Waals surface area contributed by atoms with Crippen molar-refractivity contribution >= 4 is 6.08 Å². The molecule has 0 N–H and O–H groups in total. The Morgan fingerprint density at radius 3 is 2.54 bits per heavy atom. The van der Waals surface area contributed by atoms with E-state index < -0.39 is 6.08 Å². The van der Waals surface area contributed by atoms with Crippen molar-refractivity contribution < 1.29 is 9.84 Å². The predicted molar refractivity (Wildman–Crippen MR) is 52.7 cm³/mol. The maximum Gasteiger partial charge on any atom is 0.145 e. The summed E-state index contributed by atoms with van der Waals surface area (Å²) in [6.07, 6.45) is 5.04. The summed E-state index contributed by atoms with van der Waals surface area (Å²) in [6.45, 7) is 4.21. The van der Waals surface area contributed by atoms with E-state index in [2.05, 4.69) is 16.7 Å². The lowest BCUT2D eigenvalue weighted by Crippen LogP contribution is -2.22. The Labute approximate surface area is 80.8 Å². The van der Waals surface area contributed by atoms with Crippen molar-refractivity contribution in [3.63, 3.8) is 0 Å². The van der Waals surface area contributed by atoms with Crippen molar-refractivity contribution in [1.29, 1.82) is 0 Å². The summed E-state index contributed by atoms with van der Waals surface area (Å²) >= 11 is 0. The molecule has 0 aliphatic rings. The molecule has 1 unspecified atom stereocenters. The second kappa shape index (κ2) is 7.90. The smallest absolute Gasteiger partial charge is 0.145 e. The van der Waals surface area contributed by atoms with Crippen LogP contribution in [0.2, 0.25) is 0 Å². The van der Waals surface area contributed by atoms with Crippen LogP contribution < -0.4 is 5.11 Å². The van der Waals surface area contributed by atoms with Gasteiger partial charge in [0.05, 0.1) is 6.04 Å². The molecule has 0 rings (SSSR count). The molecule has 0 bridgehead atoms. The van der Waals surface area contributed by atoms with Crippen molar-refractivity contribution in [2.45, 2.75) is 52.0 Å². The lowest BCUT2D eigenvalue weighted by atomic mass is 10.1. The van der Waals surface area contributed by atoms with Gasteiger partial charge >= 0.3 is 0 Å². The van der Waals surface area contributed by atoms with Gasteiger partial charge < -0.3 is 9.84 Å². The molecular formula is C10H20NO2-. The largest absolute Gasteiger partial charge is 0.604 e. The normalized spacial score (nSPS) is 14.2. The first-order valence-electron chi connectivity index (χ1n) is 5.03. The van der Waals surface area contributed by atoms with Gasteiger partial charge in [-0.3, -0.25) is 4.99 Å². The third-order valence-corrected chi connectivity index (χ3v) is 2.07. The highest BCUT2D eigenvalue weighted by molar-refractivity contribution is 5.61. The zero-order valence-corrected chi connectivity index (χ0v) is 8.88. The average molecular weight is 186 g/mol. The van der Waals surface area contributed by atoms with Gasteiger partial charge in [0.25, 0.3) is 0 Å². The highest BCUT2D eigenvalue weighted by Gasteiger charge is 2.02. The van der Waals surface area contributed by atoms with Crippen LogP contribution >= 0.6 is 0 Å². The summed E-state index contributed by atoms with van der Waals surface area (Å²) < 4.78 is 4.48. The van der Waals surface area contributed by atoms with E-state index in [-0.39, 0.29) is 6.04 Å². The molecule has 0 saturated heterocycles. The van der Waals surface area contributed by atoms with Crippen molar-refractivity contribution in [2.24, 2.45) is 4.99 Å². The van der Waals surface area contributed by atoms with Crippen LogP contribution in [0, 0.1) is 0 Å². The van der Waals surface area contributed by atoms with Gasteiger partial charge in [-0.2, -0.15) is 0 Å². The SMILES string of the molecule is CCCCCC(CC)N=C([O-])OC. The van der Waals surface area contributed by atoms with Crippen LogP contribution in [-0.4, -0.2) is 19.2 Å². The summed E-state index contributed by atoms with van der Waals surface area (Å²) in [6, 6.07) is 0.152. The number of methoxy groups -OCH3 is 1. The number of hydrogen-bond donors (Lipinski definition) is 0. The van der Waals surface area contributed by atoms with Crippen LogP contribution in [0.1, 0.15) is 46.0 Å². The van der Waals surface area contributed by atoms with E-state index in [0.29, 0.717) is 0 Å². The molecule has 0 amide bonds. The van der Waals surface area contributed by atoms with Crippen molar-refractivity contribution in [3.05, 3.63) is 0 Å². The average Bonchev–Trinajstić information content (AvgIpc) is 2.16. The summed E-state index contributed by atoms with van der Waals surface area (Å²) in [5.74, 6) is 0. The fourth-order valence-electron chi connectivity index (χ4n) is 1.19. The van der Waals surface area contributed by atoms with Gasteiger partial charge in [-0.25, -0.2) is 0 Å². The van der Waals surface area contributed by atoms with Crippen LogP contribution in [-0.2, 0) is 4.74 Å². The van der Waals surface area contributed by atoms with Gasteiger partial charge in [0.2, 0.25) is 0 Å².